The van der Waals surface area contributed by atoms with Gasteiger partial charge in [-0.3, -0.25) is 4.79 Å². The van der Waals surface area contributed by atoms with Gasteiger partial charge in [0.2, 0.25) is 0 Å². The molecular weight excluding hydrogens is 308 g/mol. The molecule has 1 unspecified atom stereocenters. The van der Waals surface area contributed by atoms with Gasteiger partial charge in [-0.1, -0.05) is 43.3 Å². The number of pyridine rings is 1. The van der Waals surface area contributed by atoms with Gasteiger partial charge < -0.3 is 4.40 Å². The van der Waals surface area contributed by atoms with Gasteiger partial charge in [0.05, 0.1) is 5.69 Å². The van der Waals surface area contributed by atoms with E-state index in [1.807, 2.05) is 18.2 Å². The number of aromatic nitrogens is 2. The molecule has 2 aromatic heterocycles. The van der Waals surface area contributed by atoms with Crippen LogP contribution in [0.4, 0.5) is 0 Å². The lowest BCUT2D eigenvalue weighted by atomic mass is 9.91. The molecule has 0 saturated carbocycles. The predicted octanol–water partition coefficient (Wildman–Crippen LogP) is 4.98. The Labute approximate surface area is 148 Å². The molecule has 3 nitrogen and oxygen atoms in total. The number of nitrogens with zero attached hydrogens (tertiary/aromatic N) is 2. The molecule has 0 saturated heterocycles. The Bertz CT molecular complexity index is 981. The van der Waals surface area contributed by atoms with Crippen LogP contribution in [0.5, 0.6) is 0 Å². The Morgan fingerprint density at radius 2 is 2.12 bits per heavy atom. The van der Waals surface area contributed by atoms with Crippen LogP contribution in [0.2, 0.25) is 0 Å². The van der Waals surface area contributed by atoms with Crippen LogP contribution >= 0.6 is 0 Å². The molecule has 0 N–H and O–H groups in total. The fraction of sp³-hybridized carbons (Fsp3) is 0.273. The highest BCUT2D eigenvalue weighted by Crippen LogP contribution is 2.29. The van der Waals surface area contributed by atoms with Crippen LogP contribution in [0.15, 0.2) is 48.8 Å². The van der Waals surface area contributed by atoms with Gasteiger partial charge in [-0.15, -0.1) is 0 Å². The lowest BCUT2D eigenvalue weighted by Crippen LogP contribution is -2.09. The van der Waals surface area contributed by atoms with Crippen molar-refractivity contribution >= 4 is 17.5 Å². The standard InChI is InChI=1S/C22H22N2O/c1-3-16(20-14-24-13-15(2)10-11-22(24)23-20)12-21(25)19-9-5-7-17-6-4-8-18(17)19/h4-5,7-11,13-14,16H,3,6,12H2,1-2H3. The SMILES string of the molecule is CCC(CC(=O)c1cccc2c1C=CC2)c1cn2cc(C)ccc2n1. The van der Waals surface area contributed by atoms with Gasteiger partial charge in [0.15, 0.2) is 5.78 Å². The first-order chi connectivity index (χ1) is 12.2. The molecule has 0 amide bonds. The molecule has 1 atom stereocenters. The van der Waals surface area contributed by atoms with Crippen molar-refractivity contribution in [2.45, 2.75) is 39.0 Å². The first-order valence-electron chi connectivity index (χ1n) is 8.92. The lowest BCUT2D eigenvalue weighted by molar-refractivity contribution is 0.0972. The number of allylic oxidation sites excluding steroid dienone is 1. The summed E-state index contributed by atoms with van der Waals surface area (Å²) < 4.78 is 2.06. The summed E-state index contributed by atoms with van der Waals surface area (Å²) in [7, 11) is 0. The van der Waals surface area contributed by atoms with E-state index in [2.05, 4.69) is 54.9 Å². The average molecular weight is 330 g/mol. The zero-order chi connectivity index (χ0) is 17.4. The van der Waals surface area contributed by atoms with E-state index in [0.29, 0.717) is 6.42 Å². The fourth-order valence-corrected chi connectivity index (χ4v) is 3.65. The third-order valence-electron chi connectivity index (χ3n) is 5.08. The van der Waals surface area contributed by atoms with Gasteiger partial charge >= 0.3 is 0 Å². The molecule has 0 aliphatic heterocycles. The first-order valence-corrected chi connectivity index (χ1v) is 8.92. The maximum absolute atomic E-state index is 12.9. The van der Waals surface area contributed by atoms with Crippen molar-refractivity contribution in [1.82, 2.24) is 9.38 Å². The molecule has 1 aliphatic carbocycles. The van der Waals surface area contributed by atoms with Crippen molar-refractivity contribution in [2.24, 2.45) is 0 Å². The quantitative estimate of drug-likeness (QED) is 0.618. The number of ketones is 1. The molecule has 3 aromatic rings. The smallest absolute Gasteiger partial charge is 0.164 e. The molecule has 1 aliphatic rings. The van der Waals surface area contributed by atoms with Crippen LogP contribution in [-0.2, 0) is 6.42 Å². The first kappa shape index (κ1) is 15.8. The molecule has 1 aromatic carbocycles. The number of carbonyl (C=O) groups excluding carboxylic acids is 1. The highest BCUT2D eigenvalue weighted by Gasteiger charge is 2.21. The highest BCUT2D eigenvalue weighted by molar-refractivity contribution is 6.00. The fourth-order valence-electron chi connectivity index (χ4n) is 3.65. The van der Waals surface area contributed by atoms with Gasteiger partial charge in [-0.05, 0) is 42.5 Å². The number of hydrogen-bond acceptors (Lipinski definition) is 2. The van der Waals surface area contributed by atoms with E-state index in [4.69, 9.17) is 4.98 Å². The van der Waals surface area contributed by atoms with E-state index < -0.39 is 0 Å². The lowest BCUT2D eigenvalue weighted by Gasteiger charge is -2.13. The van der Waals surface area contributed by atoms with Crippen molar-refractivity contribution in [3.05, 3.63) is 76.7 Å². The minimum absolute atomic E-state index is 0.147. The van der Waals surface area contributed by atoms with Crippen molar-refractivity contribution < 1.29 is 4.79 Å². The Morgan fingerprint density at radius 3 is 2.96 bits per heavy atom. The molecule has 126 valence electrons. The molecular formula is C22H22N2O. The Balaban J connectivity index is 1.62. The van der Waals surface area contributed by atoms with Crippen LogP contribution in [0.25, 0.3) is 11.7 Å². The van der Waals surface area contributed by atoms with Crippen molar-refractivity contribution in [3.8, 4) is 0 Å². The van der Waals surface area contributed by atoms with E-state index in [0.717, 1.165) is 35.3 Å². The zero-order valence-electron chi connectivity index (χ0n) is 14.7. The summed E-state index contributed by atoms with van der Waals surface area (Å²) in [5.74, 6) is 0.359. The normalized spacial score (nSPS) is 14.0. The average Bonchev–Trinajstić information content (AvgIpc) is 3.24. The molecule has 0 fully saturated rings. The van der Waals surface area contributed by atoms with Gasteiger partial charge in [-0.2, -0.15) is 0 Å². The van der Waals surface area contributed by atoms with Crippen LogP contribution in [-0.4, -0.2) is 15.2 Å². The molecule has 0 spiro atoms. The largest absolute Gasteiger partial charge is 0.307 e. The summed E-state index contributed by atoms with van der Waals surface area (Å²) >= 11 is 0. The molecule has 3 heteroatoms. The second kappa shape index (κ2) is 6.32. The predicted molar refractivity (Wildman–Crippen MR) is 101 cm³/mol. The molecule has 4 rings (SSSR count). The van der Waals surface area contributed by atoms with Crippen LogP contribution in [0, 0.1) is 6.92 Å². The monoisotopic (exact) mass is 330 g/mol. The summed E-state index contributed by atoms with van der Waals surface area (Å²) in [4.78, 5) is 17.7. The van der Waals surface area contributed by atoms with E-state index in [1.54, 1.807) is 0 Å². The maximum Gasteiger partial charge on any atom is 0.164 e. The number of carbonyl (C=O) groups is 1. The minimum atomic E-state index is 0.147. The van der Waals surface area contributed by atoms with Crippen molar-refractivity contribution in [2.75, 3.05) is 0 Å². The molecule has 0 bridgehead atoms. The number of Topliss-reactive ketones (excluding diaryl/α,β-unsaturated/α-hetero) is 1. The summed E-state index contributed by atoms with van der Waals surface area (Å²) in [6.45, 7) is 4.20. The van der Waals surface area contributed by atoms with E-state index in [9.17, 15) is 4.79 Å². The van der Waals surface area contributed by atoms with Crippen LogP contribution < -0.4 is 0 Å². The Kier molecular flexibility index (Phi) is 4.00. The molecule has 0 radical (unpaired) electrons. The Morgan fingerprint density at radius 1 is 1.24 bits per heavy atom. The topological polar surface area (TPSA) is 34.4 Å². The third-order valence-corrected chi connectivity index (χ3v) is 5.08. The summed E-state index contributed by atoms with van der Waals surface area (Å²) in [5, 5.41) is 0. The van der Waals surface area contributed by atoms with Crippen molar-refractivity contribution in [1.29, 1.82) is 0 Å². The summed E-state index contributed by atoms with van der Waals surface area (Å²) in [5.41, 5.74) is 6.35. The molecule has 25 heavy (non-hydrogen) atoms. The highest BCUT2D eigenvalue weighted by atomic mass is 16.1. The van der Waals surface area contributed by atoms with Gasteiger partial charge in [0, 0.05) is 30.3 Å². The number of hydrogen-bond donors (Lipinski definition) is 0. The van der Waals surface area contributed by atoms with Gasteiger partial charge in [0.25, 0.3) is 0 Å². The summed E-state index contributed by atoms with van der Waals surface area (Å²) in [6.07, 6.45) is 10.7. The number of fused-ring (bicyclic) bond motifs is 2. The third kappa shape index (κ3) is 2.91. The van der Waals surface area contributed by atoms with E-state index in [-0.39, 0.29) is 11.7 Å². The Hall–Kier alpha value is -2.68. The van der Waals surface area contributed by atoms with E-state index >= 15 is 0 Å². The second-order valence-electron chi connectivity index (χ2n) is 6.86. The number of rotatable bonds is 5. The zero-order valence-corrected chi connectivity index (χ0v) is 14.7. The minimum Gasteiger partial charge on any atom is -0.307 e. The second-order valence-corrected chi connectivity index (χ2v) is 6.86. The number of imidazole rings is 1. The summed E-state index contributed by atoms with van der Waals surface area (Å²) in [6, 6.07) is 10.2. The number of benzene rings is 1. The maximum atomic E-state index is 12.9. The van der Waals surface area contributed by atoms with Crippen LogP contribution in [0.1, 0.15) is 58.4 Å². The van der Waals surface area contributed by atoms with Gasteiger partial charge in [0.1, 0.15) is 5.65 Å². The van der Waals surface area contributed by atoms with Crippen molar-refractivity contribution in [3.63, 3.8) is 0 Å². The number of aryl methyl sites for hydroxylation is 1. The van der Waals surface area contributed by atoms with Crippen LogP contribution in [0.3, 0.4) is 0 Å². The van der Waals surface area contributed by atoms with E-state index in [1.165, 1.54) is 11.1 Å². The van der Waals surface area contributed by atoms with Gasteiger partial charge in [-0.25, -0.2) is 4.98 Å². The molecule has 2 heterocycles.